The van der Waals surface area contributed by atoms with E-state index in [4.69, 9.17) is 9.47 Å². The maximum absolute atomic E-state index is 12.2. The first-order valence-electron chi connectivity index (χ1n) is 8.00. The highest BCUT2D eigenvalue weighted by molar-refractivity contribution is 5.76. The Balaban J connectivity index is 2.74. The first-order valence-corrected chi connectivity index (χ1v) is 8.00. The summed E-state index contributed by atoms with van der Waals surface area (Å²) in [5.74, 6) is 0.642. The Labute approximate surface area is 134 Å². The maximum atomic E-state index is 12.2. The van der Waals surface area contributed by atoms with Crippen molar-refractivity contribution in [3.63, 3.8) is 0 Å². The van der Waals surface area contributed by atoms with Crippen LogP contribution >= 0.6 is 0 Å². The summed E-state index contributed by atoms with van der Waals surface area (Å²) < 4.78 is 11.0. The summed E-state index contributed by atoms with van der Waals surface area (Å²) in [5, 5.41) is 3.27. The van der Waals surface area contributed by atoms with Gasteiger partial charge in [0.15, 0.2) is 0 Å². The van der Waals surface area contributed by atoms with Gasteiger partial charge in [-0.1, -0.05) is 26.0 Å². The molecule has 124 valence electrons. The molecule has 0 aliphatic rings. The molecule has 0 aromatic heterocycles. The fraction of sp³-hybridized carbons (Fsp3) is 0.611. The number of carbonyl (C=O) groups excluding carboxylic acids is 1. The van der Waals surface area contributed by atoms with E-state index in [0.29, 0.717) is 6.42 Å². The maximum Gasteiger partial charge on any atom is 0.323 e. The van der Waals surface area contributed by atoms with Crippen LogP contribution in [0.25, 0.3) is 0 Å². The lowest BCUT2D eigenvalue weighted by Crippen LogP contribution is -2.44. The Kier molecular flexibility index (Phi) is 7.39. The molecule has 0 amide bonds. The second kappa shape index (κ2) is 8.79. The Morgan fingerprint density at radius 3 is 2.05 bits per heavy atom. The van der Waals surface area contributed by atoms with Gasteiger partial charge in [0.05, 0.1) is 12.2 Å². The summed E-state index contributed by atoms with van der Waals surface area (Å²) in [6.45, 7) is 11.8. The lowest BCUT2D eigenvalue weighted by Gasteiger charge is -2.21. The van der Waals surface area contributed by atoms with Crippen LogP contribution in [0.1, 0.15) is 47.1 Å². The van der Waals surface area contributed by atoms with Gasteiger partial charge in [-0.2, -0.15) is 0 Å². The molecule has 0 saturated heterocycles. The molecule has 0 radical (unpaired) electrons. The number of benzene rings is 1. The summed E-state index contributed by atoms with van der Waals surface area (Å²) >= 11 is 0. The molecule has 0 spiro atoms. The Morgan fingerprint density at radius 2 is 1.59 bits per heavy atom. The Morgan fingerprint density at radius 1 is 1.00 bits per heavy atom. The van der Waals surface area contributed by atoms with Crippen molar-refractivity contribution in [2.24, 2.45) is 0 Å². The monoisotopic (exact) mass is 307 g/mol. The third kappa shape index (κ3) is 6.94. The molecule has 0 fully saturated rings. The molecular formula is C18H29NO3. The van der Waals surface area contributed by atoms with Crippen molar-refractivity contribution >= 4 is 5.97 Å². The predicted octanol–water partition coefficient (Wildman–Crippen LogP) is 3.33. The van der Waals surface area contributed by atoms with Gasteiger partial charge >= 0.3 is 5.97 Å². The van der Waals surface area contributed by atoms with Crippen LogP contribution in [-0.2, 0) is 16.0 Å². The third-order valence-corrected chi connectivity index (χ3v) is 2.91. The molecule has 1 N–H and O–H groups in total. The van der Waals surface area contributed by atoms with Gasteiger partial charge in [-0.25, -0.2) is 0 Å². The highest BCUT2D eigenvalue weighted by Crippen LogP contribution is 2.15. The highest BCUT2D eigenvalue weighted by Gasteiger charge is 2.22. The lowest BCUT2D eigenvalue weighted by molar-refractivity contribution is -0.150. The van der Waals surface area contributed by atoms with Crippen LogP contribution in [-0.4, -0.2) is 30.3 Å². The molecule has 0 aliphatic carbocycles. The predicted molar refractivity (Wildman–Crippen MR) is 89.2 cm³/mol. The fourth-order valence-corrected chi connectivity index (χ4v) is 2.14. The number of hydrogen-bond acceptors (Lipinski definition) is 4. The second-order valence-electron chi connectivity index (χ2n) is 6.37. The van der Waals surface area contributed by atoms with Crippen molar-refractivity contribution in [2.75, 3.05) is 0 Å². The van der Waals surface area contributed by atoms with Gasteiger partial charge in [0.25, 0.3) is 0 Å². The smallest absolute Gasteiger partial charge is 0.323 e. The zero-order chi connectivity index (χ0) is 16.7. The van der Waals surface area contributed by atoms with Crippen LogP contribution in [0.4, 0.5) is 0 Å². The number of carbonyl (C=O) groups is 1. The average Bonchev–Trinajstić information content (AvgIpc) is 2.38. The first kappa shape index (κ1) is 18.5. The summed E-state index contributed by atoms with van der Waals surface area (Å²) in [6.07, 6.45) is 0.652. The third-order valence-electron chi connectivity index (χ3n) is 2.91. The molecule has 1 rings (SSSR count). The minimum absolute atomic E-state index is 0.106. The fourth-order valence-electron chi connectivity index (χ4n) is 2.14. The van der Waals surface area contributed by atoms with E-state index in [2.05, 4.69) is 5.32 Å². The van der Waals surface area contributed by atoms with Crippen molar-refractivity contribution in [3.05, 3.63) is 29.8 Å². The number of ether oxygens (including phenoxy) is 2. The molecule has 1 atom stereocenters. The van der Waals surface area contributed by atoms with Crippen LogP contribution < -0.4 is 10.1 Å². The van der Waals surface area contributed by atoms with Crippen LogP contribution in [0.5, 0.6) is 5.75 Å². The molecule has 0 bridgehead atoms. The van der Waals surface area contributed by atoms with Gasteiger partial charge < -0.3 is 14.8 Å². The van der Waals surface area contributed by atoms with Gasteiger partial charge in [0.2, 0.25) is 0 Å². The number of hydrogen-bond donors (Lipinski definition) is 1. The van der Waals surface area contributed by atoms with Gasteiger partial charge in [-0.15, -0.1) is 0 Å². The van der Waals surface area contributed by atoms with Crippen molar-refractivity contribution in [1.82, 2.24) is 5.32 Å². The van der Waals surface area contributed by atoms with E-state index in [-0.39, 0.29) is 30.3 Å². The van der Waals surface area contributed by atoms with Crippen LogP contribution in [0.15, 0.2) is 24.3 Å². The van der Waals surface area contributed by atoms with Crippen LogP contribution in [0.2, 0.25) is 0 Å². The molecular weight excluding hydrogens is 278 g/mol. The molecule has 0 saturated carbocycles. The van der Waals surface area contributed by atoms with Gasteiger partial charge in [-0.05, 0) is 51.8 Å². The summed E-state index contributed by atoms with van der Waals surface area (Å²) in [5.41, 5.74) is 1.08. The summed E-state index contributed by atoms with van der Waals surface area (Å²) in [6, 6.07) is 7.75. The van der Waals surface area contributed by atoms with Gasteiger partial charge in [-0.3, -0.25) is 4.79 Å². The number of nitrogens with one attached hydrogen (secondary N) is 1. The Hall–Kier alpha value is -1.55. The molecule has 1 aromatic carbocycles. The van der Waals surface area contributed by atoms with E-state index in [1.54, 1.807) is 0 Å². The van der Waals surface area contributed by atoms with Crippen molar-refractivity contribution in [3.8, 4) is 5.75 Å². The molecule has 4 nitrogen and oxygen atoms in total. The van der Waals surface area contributed by atoms with Gasteiger partial charge in [0, 0.05) is 6.04 Å². The van der Waals surface area contributed by atoms with Crippen LogP contribution in [0, 0.1) is 0 Å². The normalized spacial score (nSPS) is 12.8. The minimum atomic E-state index is -0.334. The van der Waals surface area contributed by atoms with E-state index < -0.39 is 0 Å². The molecule has 0 aliphatic heterocycles. The molecule has 1 aromatic rings. The van der Waals surface area contributed by atoms with E-state index in [9.17, 15) is 4.79 Å². The van der Waals surface area contributed by atoms with E-state index in [0.717, 1.165) is 11.3 Å². The second-order valence-corrected chi connectivity index (χ2v) is 6.37. The molecule has 4 heteroatoms. The van der Waals surface area contributed by atoms with E-state index >= 15 is 0 Å². The zero-order valence-electron chi connectivity index (χ0n) is 14.6. The topological polar surface area (TPSA) is 47.6 Å². The zero-order valence-corrected chi connectivity index (χ0v) is 14.6. The highest BCUT2D eigenvalue weighted by atomic mass is 16.5. The Bertz CT molecular complexity index is 452. The van der Waals surface area contributed by atoms with Crippen LogP contribution in [0.3, 0.4) is 0 Å². The van der Waals surface area contributed by atoms with Crippen molar-refractivity contribution < 1.29 is 14.3 Å². The SMILES string of the molecule is CC(C)N[C@@H](Cc1ccc(OC(C)C)cc1)C(=O)OC(C)C. The number of esters is 1. The van der Waals surface area contributed by atoms with E-state index in [1.807, 2.05) is 65.8 Å². The largest absolute Gasteiger partial charge is 0.491 e. The van der Waals surface area contributed by atoms with Gasteiger partial charge in [0.1, 0.15) is 11.8 Å². The summed E-state index contributed by atoms with van der Waals surface area (Å²) in [4.78, 5) is 12.2. The van der Waals surface area contributed by atoms with Crippen molar-refractivity contribution in [2.45, 2.75) is 72.3 Å². The first-order chi connectivity index (χ1) is 10.3. The molecule has 22 heavy (non-hydrogen) atoms. The molecule has 0 heterocycles. The number of rotatable bonds is 8. The van der Waals surface area contributed by atoms with E-state index in [1.165, 1.54) is 0 Å². The molecule has 0 unspecified atom stereocenters. The minimum Gasteiger partial charge on any atom is -0.491 e. The quantitative estimate of drug-likeness (QED) is 0.748. The lowest BCUT2D eigenvalue weighted by atomic mass is 10.0. The van der Waals surface area contributed by atoms with Crippen molar-refractivity contribution in [1.29, 1.82) is 0 Å². The summed E-state index contributed by atoms with van der Waals surface area (Å²) in [7, 11) is 0. The standard InChI is InChI=1S/C18H29NO3/c1-12(2)19-17(18(20)22-14(5)6)11-15-7-9-16(10-8-15)21-13(3)4/h7-10,12-14,17,19H,11H2,1-6H3/t17-/m0/s1. The average molecular weight is 307 g/mol.